The number of amides is 2. The van der Waals surface area contributed by atoms with Crippen LogP contribution in [-0.2, 0) is 17.9 Å². The van der Waals surface area contributed by atoms with Crippen molar-refractivity contribution < 1.29 is 14.3 Å². The molecular formula is C26H26N2O3. The number of fused-ring (bicyclic) bond motifs is 1. The van der Waals surface area contributed by atoms with Crippen LogP contribution in [0.2, 0.25) is 0 Å². The van der Waals surface area contributed by atoms with Gasteiger partial charge < -0.3 is 15.0 Å². The van der Waals surface area contributed by atoms with E-state index < -0.39 is 0 Å². The van der Waals surface area contributed by atoms with Crippen LogP contribution in [0.25, 0.3) is 0 Å². The topological polar surface area (TPSA) is 58.6 Å². The van der Waals surface area contributed by atoms with Gasteiger partial charge in [-0.3, -0.25) is 9.59 Å². The number of nitrogens with one attached hydrogen (secondary N) is 1. The monoisotopic (exact) mass is 414 g/mol. The molecule has 3 aromatic carbocycles. The second-order valence-corrected chi connectivity index (χ2v) is 7.85. The minimum Gasteiger partial charge on any atom is -0.497 e. The van der Waals surface area contributed by atoms with Gasteiger partial charge in [0.15, 0.2) is 0 Å². The Morgan fingerprint density at radius 1 is 1.03 bits per heavy atom. The predicted octanol–water partition coefficient (Wildman–Crippen LogP) is 4.41. The van der Waals surface area contributed by atoms with Crippen molar-refractivity contribution in [2.45, 2.75) is 32.5 Å². The number of nitrogens with zero attached hydrogens (tertiary/aromatic N) is 1. The number of carbonyl (C=O) groups excluding carboxylic acids is 2. The van der Waals surface area contributed by atoms with Crippen molar-refractivity contribution in [3.05, 3.63) is 101 Å². The number of aryl methyl sites for hydroxylation is 1. The van der Waals surface area contributed by atoms with E-state index >= 15 is 0 Å². The summed E-state index contributed by atoms with van der Waals surface area (Å²) in [5.74, 6) is 0.663. The molecule has 3 aromatic rings. The Bertz CT molecular complexity index is 1070. The number of methoxy groups -OCH3 is 1. The van der Waals surface area contributed by atoms with E-state index in [1.165, 1.54) is 0 Å². The van der Waals surface area contributed by atoms with Crippen molar-refractivity contribution in [3.63, 3.8) is 0 Å². The fourth-order valence-corrected chi connectivity index (χ4v) is 3.92. The zero-order chi connectivity index (χ0) is 21.8. The molecule has 0 fully saturated rings. The molecule has 5 nitrogen and oxygen atoms in total. The molecule has 0 saturated heterocycles. The van der Waals surface area contributed by atoms with E-state index in [1.54, 1.807) is 7.11 Å². The Morgan fingerprint density at radius 3 is 2.42 bits per heavy atom. The van der Waals surface area contributed by atoms with Gasteiger partial charge in [0.05, 0.1) is 19.6 Å². The lowest BCUT2D eigenvalue weighted by Gasteiger charge is -2.28. The zero-order valence-electron chi connectivity index (χ0n) is 17.8. The zero-order valence-corrected chi connectivity index (χ0v) is 17.8. The van der Waals surface area contributed by atoms with E-state index in [9.17, 15) is 9.59 Å². The molecule has 1 N–H and O–H groups in total. The van der Waals surface area contributed by atoms with Crippen LogP contribution in [0.3, 0.4) is 0 Å². The number of benzene rings is 3. The van der Waals surface area contributed by atoms with Crippen molar-refractivity contribution in [1.29, 1.82) is 0 Å². The minimum absolute atomic E-state index is 0.0240. The highest BCUT2D eigenvalue weighted by Gasteiger charge is 2.34. The van der Waals surface area contributed by atoms with E-state index in [-0.39, 0.29) is 24.3 Å². The van der Waals surface area contributed by atoms with Crippen molar-refractivity contribution in [2.24, 2.45) is 0 Å². The van der Waals surface area contributed by atoms with E-state index in [0.717, 1.165) is 33.6 Å². The van der Waals surface area contributed by atoms with E-state index in [1.807, 2.05) is 84.6 Å². The van der Waals surface area contributed by atoms with Crippen molar-refractivity contribution in [1.82, 2.24) is 10.2 Å². The second-order valence-electron chi connectivity index (χ2n) is 7.85. The first kappa shape index (κ1) is 20.7. The predicted molar refractivity (Wildman–Crippen MR) is 120 cm³/mol. The van der Waals surface area contributed by atoms with Crippen molar-refractivity contribution in [3.8, 4) is 5.75 Å². The third-order valence-electron chi connectivity index (χ3n) is 5.72. The second kappa shape index (κ2) is 9.04. The Labute approximate surface area is 182 Å². The molecule has 0 spiro atoms. The largest absolute Gasteiger partial charge is 0.497 e. The highest BCUT2D eigenvalue weighted by molar-refractivity contribution is 5.98. The Hall–Kier alpha value is -3.60. The average Bonchev–Trinajstić information content (AvgIpc) is 3.13. The summed E-state index contributed by atoms with van der Waals surface area (Å²) in [5.41, 5.74) is 4.82. The van der Waals surface area contributed by atoms with E-state index in [0.29, 0.717) is 13.1 Å². The average molecular weight is 415 g/mol. The fraction of sp³-hybridized carbons (Fsp3) is 0.231. The summed E-state index contributed by atoms with van der Waals surface area (Å²) in [7, 11) is 1.62. The standard InChI is InChI=1S/C26H26N2O3/c1-18-7-11-20(12-8-18)24(28-17-21-5-3-4-6-23(21)26(28)30)15-25(29)27-16-19-9-13-22(31-2)14-10-19/h3-14,24H,15-17H2,1-2H3,(H,27,29). The van der Waals surface area contributed by atoms with Gasteiger partial charge in [0.2, 0.25) is 5.91 Å². The van der Waals surface area contributed by atoms with Gasteiger partial charge in [0, 0.05) is 18.7 Å². The van der Waals surface area contributed by atoms with Crippen LogP contribution in [-0.4, -0.2) is 23.8 Å². The molecule has 1 heterocycles. The number of rotatable bonds is 7. The molecule has 5 heteroatoms. The normalized spacial score (nSPS) is 13.6. The summed E-state index contributed by atoms with van der Waals surface area (Å²) in [6, 6.07) is 23.0. The van der Waals surface area contributed by atoms with E-state index in [2.05, 4.69) is 5.32 Å². The lowest BCUT2D eigenvalue weighted by atomic mass is 10.00. The van der Waals surface area contributed by atoms with Gasteiger partial charge >= 0.3 is 0 Å². The number of carbonyl (C=O) groups is 2. The first-order valence-corrected chi connectivity index (χ1v) is 10.4. The summed E-state index contributed by atoms with van der Waals surface area (Å²) in [5, 5.41) is 2.99. The maximum Gasteiger partial charge on any atom is 0.255 e. The molecule has 0 saturated carbocycles. The SMILES string of the molecule is COc1ccc(CNC(=O)CC(c2ccc(C)cc2)N2Cc3ccccc3C2=O)cc1. The molecule has 1 aliphatic heterocycles. The molecule has 4 rings (SSSR count). The highest BCUT2D eigenvalue weighted by Crippen LogP contribution is 2.33. The molecule has 158 valence electrons. The molecule has 31 heavy (non-hydrogen) atoms. The third-order valence-corrected chi connectivity index (χ3v) is 5.72. The summed E-state index contributed by atoms with van der Waals surface area (Å²) < 4.78 is 5.17. The molecule has 0 aromatic heterocycles. The van der Waals surface area contributed by atoms with Gasteiger partial charge in [-0.1, -0.05) is 60.2 Å². The van der Waals surface area contributed by atoms with Gasteiger partial charge in [0.25, 0.3) is 5.91 Å². The van der Waals surface area contributed by atoms with Crippen molar-refractivity contribution >= 4 is 11.8 Å². The summed E-state index contributed by atoms with van der Waals surface area (Å²) in [4.78, 5) is 27.7. The van der Waals surface area contributed by atoms with Crippen LogP contribution >= 0.6 is 0 Å². The molecule has 0 radical (unpaired) electrons. The van der Waals surface area contributed by atoms with Crippen LogP contribution in [0.15, 0.2) is 72.8 Å². The maximum absolute atomic E-state index is 13.1. The Morgan fingerprint density at radius 2 is 1.74 bits per heavy atom. The van der Waals surface area contributed by atoms with Gasteiger partial charge in [-0.25, -0.2) is 0 Å². The summed E-state index contributed by atoms with van der Waals surface area (Å²) in [6.07, 6.45) is 0.207. The first-order valence-electron chi connectivity index (χ1n) is 10.4. The highest BCUT2D eigenvalue weighted by atomic mass is 16.5. The van der Waals surface area contributed by atoms with Crippen LogP contribution in [0, 0.1) is 6.92 Å². The van der Waals surface area contributed by atoms with Crippen molar-refractivity contribution in [2.75, 3.05) is 7.11 Å². The molecule has 1 aliphatic rings. The molecule has 1 atom stereocenters. The van der Waals surface area contributed by atoms with Gasteiger partial charge in [0.1, 0.15) is 5.75 Å². The molecule has 1 unspecified atom stereocenters. The Balaban J connectivity index is 1.50. The number of hydrogen-bond donors (Lipinski definition) is 1. The number of hydrogen-bond acceptors (Lipinski definition) is 3. The van der Waals surface area contributed by atoms with E-state index in [4.69, 9.17) is 4.74 Å². The fourth-order valence-electron chi connectivity index (χ4n) is 3.92. The summed E-state index contributed by atoms with van der Waals surface area (Å²) in [6.45, 7) is 2.97. The number of ether oxygens (including phenoxy) is 1. The first-order chi connectivity index (χ1) is 15.0. The molecule has 2 amide bonds. The van der Waals surface area contributed by atoms with Crippen LogP contribution in [0.1, 0.15) is 45.1 Å². The smallest absolute Gasteiger partial charge is 0.255 e. The van der Waals surface area contributed by atoms with Crippen LogP contribution in [0.4, 0.5) is 0 Å². The maximum atomic E-state index is 13.1. The minimum atomic E-state index is -0.323. The quantitative estimate of drug-likeness (QED) is 0.623. The molecule has 0 aliphatic carbocycles. The Kier molecular flexibility index (Phi) is 6.03. The van der Waals surface area contributed by atoms with Crippen LogP contribution in [0.5, 0.6) is 5.75 Å². The van der Waals surface area contributed by atoms with Gasteiger partial charge in [-0.05, 0) is 41.8 Å². The van der Waals surface area contributed by atoms with Gasteiger partial charge in [-0.15, -0.1) is 0 Å². The molecule has 0 bridgehead atoms. The lowest BCUT2D eigenvalue weighted by Crippen LogP contribution is -2.34. The third kappa shape index (κ3) is 4.61. The van der Waals surface area contributed by atoms with Gasteiger partial charge in [-0.2, -0.15) is 0 Å². The molecular weight excluding hydrogens is 388 g/mol. The van der Waals surface area contributed by atoms with Crippen LogP contribution < -0.4 is 10.1 Å². The lowest BCUT2D eigenvalue weighted by molar-refractivity contribution is -0.122. The summed E-state index contributed by atoms with van der Waals surface area (Å²) >= 11 is 0.